The summed E-state index contributed by atoms with van der Waals surface area (Å²) in [6.07, 6.45) is 0. The van der Waals surface area contributed by atoms with Gasteiger partial charge in [0.25, 0.3) is 0 Å². The fourth-order valence-corrected chi connectivity index (χ4v) is 2.59. The zero-order valence-corrected chi connectivity index (χ0v) is 11.5. The summed E-state index contributed by atoms with van der Waals surface area (Å²) < 4.78 is 52.6. The second-order valence-corrected chi connectivity index (χ2v) is 6.95. The monoisotopic (exact) mass is 294 g/mol. The number of nitrogens with two attached hydrogens (primary N) is 1. The Morgan fingerprint density at radius 2 is 1.89 bits per heavy atom. The third-order valence-corrected chi connectivity index (χ3v) is 4.40. The van der Waals surface area contributed by atoms with Crippen molar-refractivity contribution in [1.82, 2.24) is 0 Å². The molecule has 18 heavy (non-hydrogen) atoms. The van der Waals surface area contributed by atoms with E-state index in [4.69, 9.17) is 9.88 Å². The molecule has 0 aliphatic rings. The Morgan fingerprint density at radius 3 is 2.33 bits per heavy atom. The van der Waals surface area contributed by atoms with Gasteiger partial charge in [0.2, 0.25) is 20.0 Å². The molecule has 0 amide bonds. The second-order valence-electron chi connectivity index (χ2n) is 3.41. The normalized spacial score (nSPS) is 12.2. The summed E-state index contributed by atoms with van der Waals surface area (Å²) in [6, 6.07) is 3.82. The average Bonchev–Trinajstić information content (AvgIpc) is 2.27. The van der Waals surface area contributed by atoms with Gasteiger partial charge in [-0.05, 0) is 19.1 Å². The fraction of sp³-hybridized carbons (Fsp3) is 0.333. The first-order valence-corrected chi connectivity index (χ1v) is 8.11. The molecule has 0 unspecified atom stereocenters. The molecular formula is C9H14N2O5S2. The van der Waals surface area contributed by atoms with Crippen LogP contribution in [0.25, 0.3) is 0 Å². The van der Waals surface area contributed by atoms with Crippen molar-refractivity contribution < 1.29 is 21.6 Å². The van der Waals surface area contributed by atoms with Crippen LogP contribution in [0.2, 0.25) is 0 Å². The summed E-state index contributed by atoms with van der Waals surface area (Å²) in [5.41, 5.74) is -0.126. The Morgan fingerprint density at radius 1 is 1.28 bits per heavy atom. The number of hydrogen-bond donors (Lipinski definition) is 2. The van der Waals surface area contributed by atoms with Crippen LogP contribution in [0.5, 0.6) is 5.75 Å². The predicted molar refractivity (Wildman–Crippen MR) is 67.5 cm³/mol. The minimum absolute atomic E-state index is 0.126. The Balaban J connectivity index is 3.39. The number of methoxy groups -OCH3 is 1. The molecule has 0 fully saturated rings. The van der Waals surface area contributed by atoms with Crippen LogP contribution in [-0.4, -0.2) is 29.7 Å². The molecule has 0 spiro atoms. The molecule has 9 heteroatoms. The SMILES string of the molecule is CCS(=O)(=O)Nc1cc(OC)ccc1S(N)(=O)=O. The molecule has 0 aromatic heterocycles. The summed E-state index contributed by atoms with van der Waals surface area (Å²) in [6.45, 7) is 1.43. The third-order valence-electron chi connectivity index (χ3n) is 2.14. The van der Waals surface area contributed by atoms with Gasteiger partial charge < -0.3 is 4.74 Å². The van der Waals surface area contributed by atoms with E-state index in [1.165, 1.54) is 32.2 Å². The fourth-order valence-electron chi connectivity index (χ4n) is 1.20. The van der Waals surface area contributed by atoms with Crippen LogP contribution in [0.4, 0.5) is 5.69 Å². The Hall–Kier alpha value is -1.32. The van der Waals surface area contributed by atoms with E-state index < -0.39 is 20.0 Å². The highest BCUT2D eigenvalue weighted by molar-refractivity contribution is 7.93. The maximum absolute atomic E-state index is 11.5. The van der Waals surface area contributed by atoms with Crippen molar-refractivity contribution in [2.75, 3.05) is 17.6 Å². The molecule has 0 aliphatic heterocycles. The minimum atomic E-state index is -4.02. The van der Waals surface area contributed by atoms with Crippen molar-refractivity contribution >= 4 is 25.7 Å². The lowest BCUT2D eigenvalue weighted by Crippen LogP contribution is -2.19. The van der Waals surface area contributed by atoms with Crippen LogP contribution in [0.3, 0.4) is 0 Å². The minimum Gasteiger partial charge on any atom is -0.497 e. The largest absolute Gasteiger partial charge is 0.497 e. The Kier molecular flexibility index (Phi) is 4.20. The summed E-state index contributed by atoms with van der Waals surface area (Å²) >= 11 is 0. The van der Waals surface area contributed by atoms with Gasteiger partial charge in [0, 0.05) is 6.07 Å². The van der Waals surface area contributed by atoms with Gasteiger partial charge in [-0.1, -0.05) is 0 Å². The van der Waals surface area contributed by atoms with Crippen molar-refractivity contribution in [2.45, 2.75) is 11.8 Å². The molecule has 0 aliphatic carbocycles. The van der Waals surface area contributed by atoms with Gasteiger partial charge in [-0.2, -0.15) is 0 Å². The van der Waals surface area contributed by atoms with Gasteiger partial charge in [0.05, 0.1) is 18.6 Å². The van der Waals surface area contributed by atoms with Gasteiger partial charge in [-0.25, -0.2) is 22.0 Å². The van der Waals surface area contributed by atoms with Gasteiger partial charge in [-0.3, -0.25) is 4.72 Å². The maximum Gasteiger partial charge on any atom is 0.240 e. The number of sulfonamides is 2. The van der Waals surface area contributed by atoms with Crippen LogP contribution in [0.15, 0.2) is 23.1 Å². The number of benzene rings is 1. The Bertz CT molecular complexity index is 637. The van der Waals surface area contributed by atoms with Crippen LogP contribution < -0.4 is 14.6 Å². The van der Waals surface area contributed by atoms with Crippen molar-refractivity contribution in [2.24, 2.45) is 5.14 Å². The quantitative estimate of drug-likeness (QED) is 0.799. The highest BCUT2D eigenvalue weighted by atomic mass is 32.2. The number of anilines is 1. The van der Waals surface area contributed by atoms with E-state index in [-0.39, 0.29) is 16.3 Å². The van der Waals surface area contributed by atoms with Crippen molar-refractivity contribution in [3.63, 3.8) is 0 Å². The molecule has 0 atom stereocenters. The third kappa shape index (κ3) is 3.59. The standard InChI is InChI=1S/C9H14N2O5S2/c1-3-17(12,13)11-8-6-7(16-2)4-5-9(8)18(10,14)15/h4-6,11H,3H2,1-2H3,(H2,10,14,15). The molecule has 102 valence electrons. The summed E-state index contributed by atoms with van der Waals surface area (Å²) in [7, 11) is -6.25. The smallest absolute Gasteiger partial charge is 0.240 e. The Labute approximate surface area is 106 Å². The lowest BCUT2D eigenvalue weighted by Gasteiger charge is -2.11. The molecule has 3 N–H and O–H groups in total. The lowest BCUT2D eigenvalue weighted by atomic mass is 10.3. The molecule has 1 aromatic rings. The first-order chi connectivity index (χ1) is 8.19. The predicted octanol–water partition coefficient (Wildman–Crippen LogP) is 0.104. The van der Waals surface area contributed by atoms with Crippen molar-refractivity contribution in [3.8, 4) is 5.75 Å². The topological polar surface area (TPSA) is 116 Å². The molecule has 0 radical (unpaired) electrons. The maximum atomic E-state index is 11.5. The van der Waals surface area contributed by atoms with Gasteiger partial charge in [0.1, 0.15) is 10.6 Å². The van der Waals surface area contributed by atoms with Gasteiger partial charge in [0.15, 0.2) is 0 Å². The van der Waals surface area contributed by atoms with Crippen LogP contribution in [0, 0.1) is 0 Å². The van der Waals surface area contributed by atoms with E-state index in [1.807, 2.05) is 0 Å². The molecule has 0 saturated carbocycles. The summed E-state index contributed by atoms with van der Waals surface area (Å²) in [5, 5.41) is 5.01. The number of nitrogens with one attached hydrogen (secondary N) is 1. The molecule has 0 saturated heterocycles. The van der Waals surface area contributed by atoms with Crippen LogP contribution in [-0.2, 0) is 20.0 Å². The number of hydrogen-bond acceptors (Lipinski definition) is 5. The molecular weight excluding hydrogens is 280 g/mol. The highest BCUT2D eigenvalue weighted by Crippen LogP contribution is 2.26. The van der Waals surface area contributed by atoms with Crippen LogP contribution in [0.1, 0.15) is 6.92 Å². The first kappa shape index (κ1) is 14.7. The lowest BCUT2D eigenvalue weighted by molar-refractivity contribution is 0.414. The zero-order chi connectivity index (χ0) is 14.0. The number of ether oxygens (including phenoxy) is 1. The van der Waals surface area contributed by atoms with E-state index in [0.717, 1.165) is 0 Å². The van der Waals surface area contributed by atoms with Crippen LogP contribution >= 0.6 is 0 Å². The van der Waals surface area contributed by atoms with E-state index >= 15 is 0 Å². The first-order valence-electron chi connectivity index (χ1n) is 4.91. The molecule has 1 aromatic carbocycles. The van der Waals surface area contributed by atoms with Gasteiger partial charge in [-0.15, -0.1) is 0 Å². The van der Waals surface area contributed by atoms with E-state index in [1.54, 1.807) is 0 Å². The molecule has 0 heterocycles. The van der Waals surface area contributed by atoms with Gasteiger partial charge >= 0.3 is 0 Å². The highest BCUT2D eigenvalue weighted by Gasteiger charge is 2.18. The molecule has 0 bridgehead atoms. The molecule has 7 nitrogen and oxygen atoms in total. The van der Waals surface area contributed by atoms with Crippen molar-refractivity contribution in [3.05, 3.63) is 18.2 Å². The second kappa shape index (κ2) is 5.12. The van der Waals surface area contributed by atoms with E-state index in [2.05, 4.69) is 4.72 Å². The zero-order valence-electron chi connectivity index (χ0n) is 9.87. The van der Waals surface area contributed by atoms with Crippen molar-refractivity contribution in [1.29, 1.82) is 0 Å². The van der Waals surface area contributed by atoms with E-state index in [9.17, 15) is 16.8 Å². The molecule has 1 rings (SSSR count). The number of primary sulfonamides is 1. The number of rotatable bonds is 5. The van der Waals surface area contributed by atoms with E-state index in [0.29, 0.717) is 5.75 Å². The average molecular weight is 294 g/mol. The summed E-state index contributed by atoms with van der Waals surface area (Å²) in [5.74, 6) is 0.130. The summed E-state index contributed by atoms with van der Waals surface area (Å²) in [4.78, 5) is -0.305.